The van der Waals surface area contributed by atoms with E-state index in [1.165, 1.54) is 0 Å². The number of hydrogen-bond acceptors (Lipinski definition) is 5. The SMILES string of the molecule is CC(O)CCN(C)Cc1nnc(C(C)C)o1. The normalized spacial score (nSPS) is 13.7. The molecule has 1 aromatic heterocycles. The maximum Gasteiger partial charge on any atom is 0.230 e. The summed E-state index contributed by atoms with van der Waals surface area (Å²) < 4.78 is 5.50. The monoisotopic (exact) mass is 227 g/mol. The molecule has 5 heteroatoms. The minimum atomic E-state index is -0.267. The van der Waals surface area contributed by atoms with Crippen LogP contribution in [0.5, 0.6) is 0 Å². The summed E-state index contributed by atoms with van der Waals surface area (Å²) in [6.07, 6.45) is 0.484. The Balaban J connectivity index is 2.40. The molecule has 0 bridgehead atoms. The minimum Gasteiger partial charge on any atom is -0.424 e. The highest BCUT2D eigenvalue weighted by atomic mass is 16.4. The van der Waals surface area contributed by atoms with Crippen LogP contribution in [-0.4, -0.2) is 39.9 Å². The number of nitrogens with zero attached hydrogens (tertiary/aromatic N) is 3. The lowest BCUT2D eigenvalue weighted by Crippen LogP contribution is -2.22. The van der Waals surface area contributed by atoms with Gasteiger partial charge < -0.3 is 9.52 Å². The van der Waals surface area contributed by atoms with Crippen LogP contribution in [0.1, 0.15) is 44.9 Å². The summed E-state index contributed by atoms with van der Waals surface area (Å²) in [6.45, 7) is 7.28. The predicted molar refractivity (Wildman–Crippen MR) is 61.0 cm³/mol. The highest BCUT2D eigenvalue weighted by molar-refractivity contribution is 4.86. The van der Waals surface area contributed by atoms with Crippen molar-refractivity contribution in [1.29, 1.82) is 0 Å². The van der Waals surface area contributed by atoms with Crippen molar-refractivity contribution in [1.82, 2.24) is 15.1 Å². The molecule has 92 valence electrons. The molecular weight excluding hydrogens is 206 g/mol. The molecule has 0 aliphatic carbocycles. The standard InChI is InChI=1S/C11H21N3O2/c1-8(2)11-13-12-10(16-11)7-14(4)6-5-9(3)15/h8-9,15H,5-7H2,1-4H3. The third-order valence-electron chi connectivity index (χ3n) is 2.31. The van der Waals surface area contributed by atoms with Gasteiger partial charge in [-0.3, -0.25) is 4.90 Å². The van der Waals surface area contributed by atoms with Crippen molar-refractivity contribution in [3.8, 4) is 0 Å². The Hall–Kier alpha value is -0.940. The number of aliphatic hydroxyl groups excluding tert-OH is 1. The molecule has 1 aromatic rings. The van der Waals surface area contributed by atoms with Crippen LogP contribution in [0.2, 0.25) is 0 Å². The fourth-order valence-electron chi connectivity index (χ4n) is 1.28. The van der Waals surface area contributed by atoms with E-state index in [4.69, 9.17) is 9.52 Å². The van der Waals surface area contributed by atoms with E-state index in [9.17, 15) is 0 Å². The van der Waals surface area contributed by atoms with E-state index in [-0.39, 0.29) is 12.0 Å². The summed E-state index contributed by atoms with van der Waals surface area (Å²) in [7, 11) is 1.97. The van der Waals surface area contributed by atoms with Gasteiger partial charge in [0.1, 0.15) is 0 Å². The second-order valence-corrected chi connectivity index (χ2v) is 4.56. The maximum atomic E-state index is 9.17. The molecule has 0 aliphatic heterocycles. The zero-order valence-electron chi connectivity index (χ0n) is 10.5. The van der Waals surface area contributed by atoms with Gasteiger partial charge in [-0.1, -0.05) is 13.8 Å². The van der Waals surface area contributed by atoms with Gasteiger partial charge in [-0.25, -0.2) is 0 Å². The van der Waals surface area contributed by atoms with Crippen LogP contribution in [0.3, 0.4) is 0 Å². The fraction of sp³-hybridized carbons (Fsp3) is 0.818. The van der Waals surface area contributed by atoms with Crippen LogP contribution in [0, 0.1) is 0 Å². The molecule has 0 amide bonds. The van der Waals surface area contributed by atoms with Crippen molar-refractivity contribution in [3.05, 3.63) is 11.8 Å². The molecule has 0 saturated carbocycles. The molecule has 5 nitrogen and oxygen atoms in total. The number of aliphatic hydroxyl groups is 1. The van der Waals surface area contributed by atoms with Gasteiger partial charge in [0, 0.05) is 12.5 Å². The molecule has 0 saturated heterocycles. The van der Waals surface area contributed by atoms with Gasteiger partial charge in [-0.05, 0) is 20.4 Å². The van der Waals surface area contributed by atoms with Gasteiger partial charge >= 0.3 is 0 Å². The van der Waals surface area contributed by atoms with Crippen LogP contribution in [0.25, 0.3) is 0 Å². The second-order valence-electron chi connectivity index (χ2n) is 4.56. The summed E-state index contributed by atoms with van der Waals surface area (Å²) in [5.41, 5.74) is 0. The Kier molecular flexibility index (Phi) is 4.89. The summed E-state index contributed by atoms with van der Waals surface area (Å²) >= 11 is 0. The average molecular weight is 227 g/mol. The predicted octanol–water partition coefficient (Wildman–Crippen LogP) is 1.40. The molecule has 1 rings (SSSR count). The van der Waals surface area contributed by atoms with Gasteiger partial charge in [0.05, 0.1) is 12.6 Å². The lowest BCUT2D eigenvalue weighted by atomic mass is 10.2. The first kappa shape index (κ1) is 13.1. The molecule has 0 aliphatic rings. The number of rotatable bonds is 6. The fourth-order valence-corrected chi connectivity index (χ4v) is 1.28. The Morgan fingerprint density at radius 2 is 2.00 bits per heavy atom. The Morgan fingerprint density at radius 3 is 2.50 bits per heavy atom. The summed E-state index contributed by atoms with van der Waals surface area (Å²) in [6, 6.07) is 0. The Morgan fingerprint density at radius 1 is 1.31 bits per heavy atom. The third kappa shape index (κ3) is 4.28. The van der Waals surface area contributed by atoms with E-state index in [0.717, 1.165) is 13.0 Å². The van der Waals surface area contributed by atoms with Crippen LogP contribution in [0.4, 0.5) is 0 Å². The average Bonchev–Trinajstić information content (AvgIpc) is 2.63. The van der Waals surface area contributed by atoms with Crippen molar-refractivity contribution >= 4 is 0 Å². The van der Waals surface area contributed by atoms with Crippen LogP contribution in [0.15, 0.2) is 4.42 Å². The Labute approximate surface area is 96.5 Å². The van der Waals surface area contributed by atoms with E-state index in [1.807, 2.05) is 20.9 Å². The molecular formula is C11H21N3O2. The van der Waals surface area contributed by atoms with E-state index in [0.29, 0.717) is 18.3 Å². The van der Waals surface area contributed by atoms with Gasteiger partial charge in [0.2, 0.25) is 11.8 Å². The second kappa shape index (κ2) is 5.96. The topological polar surface area (TPSA) is 62.4 Å². The first-order valence-electron chi connectivity index (χ1n) is 5.68. The zero-order chi connectivity index (χ0) is 12.1. The van der Waals surface area contributed by atoms with Crippen molar-refractivity contribution < 1.29 is 9.52 Å². The van der Waals surface area contributed by atoms with Crippen LogP contribution >= 0.6 is 0 Å². The van der Waals surface area contributed by atoms with Crippen molar-refractivity contribution in [2.75, 3.05) is 13.6 Å². The largest absolute Gasteiger partial charge is 0.424 e. The first-order chi connectivity index (χ1) is 7.49. The van der Waals surface area contributed by atoms with E-state index >= 15 is 0 Å². The molecule has 1 N–H and O–H groups in total. The van der Waals surface area contributed by atoms with Gasteiger partial charge in [-0.15, -0.1) is 10.2 Å². The van der Waals surface area contributed by atoms with Gasteiger partial charge in [-0.2, -0.15) is 0 Å². The molecule has 16 heavy (non-hydrogen) atoms. The molecule has 0 aromatic carbocycles. The van der Waals surface area contributed by atoms with E-state index < -0.39 is 0 Å². The lowest BCUT2D eigenvalue weighted by molar-refractivity contribution is 0.159. The lowest BCUT2D eigenvalue weighted by Gasteiger charge is -2.14. The molecule has 1 atom stereocenters. The summed E-state index contributed by atoms with van der Waals surface area (Å²) in [4.78, 5) is 2.06. The molecule has 0 radical (unpaired) electrons. The smallest absolute Gasteiger partial charge is 0.230 e. The van der Waals surface area contributed by atoms with Gasteiger partial charge in [0.15, 0.2) is 0 Å². The number of aromatic nitrogens is 2. The first-order valence-corrected chi connectivity index (χ1v) is 5.68. The van der Waals surface area contributed by atoms with Crippen LogP contribution < -0.4 is 0 Å². The highest BCUT2D eigenvalue weighted by Gasteiger charge is 2.11. The van der Waals surface area contributed by atoms with Crippen molar-refractivity contribution in [3.63, 3.8) is 0 Å². The maximum absolute atomic E-state index is 9.17. The van der Waals surface area contributed by atoms with E-state index in [1.54, 1.807) is 6.92 Å². The highest BCUT2D eigenvalue weighted by Crippen LogP contribution is 2.12. The minimum absolute atomic E-state index is 0.267. The van der Waals surface area contributed by atoms with Gasteiger partial charge in [0.25, 0.3) is 0 Å². The third-order valence-corrected chi connectivity index (χ3v) is 2.31. The molecule has 0 fully saturated rings. The summed E-state index contributed by atoms with van der Waals surface area (Å²) in [5, 5.41) is 17.1. The van der Waals surface area contributed by atoms with Crippen molar-refractivity contribution in [2.45, 2.75) is 45.8 Å². The Bertz CT molecular complexity index is 310. The molecule has 0 spiro atoms. The van der Waals surface area contributed by atoms with Crippen LogP contribution in [-0.2, 0) is 6.54 Å². The van der Waals surface area contributed by atoms with E-state index in [2.05, 4.69) is 15.1 Å². The quantitative estimate of drug-likeness (QED) is 0.795. The summed E-state index contributed by atoms with van der Waals surface area (Å²) in [5.74, 6) is 1.58. The molecule has 1 heterocycles. The zero-order valence-corrected chi connectivity index (χ0v) is 10.5. The molecule has 1 unspecified atom stereocenters. The number of hydrogen-bond donors (Lipinski definition) is 1. The van der Waals surface area contributed by atoms with Crippen molar-refractivity contribution in [2.24, 2.45) is 0 Å².